The van der Waals surface area contributed by atoms with Crippen molar-refractivity contribution in [2.45, 2.75) is 39.7 Å². The van der Waals surface area contributed by atoms with Gasteiger partial charge in [0.2, 0.25) is 5.91 Å². The van der Waals surface area contributed by atoms with Crippen LogP contribution in [0.4, 0.5) is 5.82 Å². The Morgan fingerprint density at radius 1 is 1.03 bits per heavy atom. The highest BCUT2D eigenvalue weighted by Crippen LogP contribution is 2.31. The van der Waals surface area contributed by atoms with Gasteiger partial charge in [-0.3, -0.25) is 4.79 Å². The van der Waals surface area contributed by atoms with Crippen LogP contribution in [0.5, 0.6) is 11.6 Å². The van der Waals surface area contributed by atoms with Crippen LogP contribution in [0.1, 0.15) is 42.5 Å². The molecule has 1 aliphatic rings. The third-order valence-corrected chi connectivity index (χ3v) is 6.16. The molecule has 6 nitrogen and oxygen atoms in total. The van der Waals surface area contributed by atoms with E-state index in [0.717, 1.165) is 43.1 Å². The molecular formula is C26H30N4O2. The van der Waals surface area contributed by atoms with Crippen LogP contribution in [0.25, 0.3) is 0 Å². The zero-order chi connectivity index (χ0) is 22.5. The second-order valence-corrected chi connectivity index (χ2v) is 8.44. The Balaban J connectivity index is 1.36. The summed E-state index contributed by atoms with van der Waals surface area (Å²) in [5, 5.41) is 3.20. The van der Waals surface area contributed by atoms with Crippen molar-refractivity contribution < 1.29 is 9.53 Å². The minimum absolute atomic E-state index is 0.00425. The summed E-state index contributed by atoms with van der Waals surface area (Å²) in [6.07, 6.45) is 4.85. The first-order valence-electron chi connectivity index (χ1n) is 11.2. The predicted molar refractivity (Wildman–Crippen MR) is 126 cm³/mol. The number of benzene rings is 2. The molecule has 1 aromatic heterocycles. The van der Waals surface area contributed by atoms with Crippen LogP contribution in [-0.2, 0) is 4.79 Å². The highest BCUT2D eigenvalue weighted by Gasteiger charge is 2.28. The number of nitrogens with one attached hydrogen (secondary N) is 1. The Kier molecular flexibility index (Phi) is 6.69. The molecule has 0 saturated carbocycles. The summed E-state index contributed by atoms with van der Waals surface area (Å²) in [6, 6.07) is 15.9. The van der Waals surface area contributed by atoms with Crippen molar-refractivity contribution in [1.82, 2.24) is 15.3 Å². The van der Waals surface area contributed by atoms with Gasteiger partial charge >= 0.3 is 0 Å². The number of carbonyl (C=O) groups is 1. The maximum Gasteiger partial charge on any atom is 0.263 e. The fourth-order valence-corrected chi connectivity index (χ4v) is 4.01. The van der Waals surface area contributed by atoms with E-state index in [2.05, 4.69) is 52.2 Å². The Morgan fingerprint density at radius 2 is 1.75 bits per heavy atom. The summed E-state index contributed by atoms with van der Waals surface area (Å²) in [7, 11) is 0. The van der Waals surface area contributed by atoms with E-state index in [4.69, 9.17) is 4.74 Å². The average Bonchev–Trinajstić information content (AvgIpc) is 2.82. The number of carbonyl (C=O) groups excluding carboxylic acids is 1. The second kappa shape index (κ2) is 9.81. The molecule has 2 aromatic carbocycles. The molecular weight excluding hydrogens is 400 g/mol. The summed E-state index contributed by atoms with van der Waals surface area (Å²) in [4.78, 5) is 24.0. The fourth-order valence-electron chi connectivity index (χ4n) is 4.01. The number of para-hydroxylation sites is 1. The minimum atomic E-state index is -0.00862. The lowest BCUT2D eigenvalue weighted by atomic mass is 9.95. The SMILES string of the molecule is Cc1ccc(C(C)NC(=O)C2CCN(c3nccnc3Oc3ccccc3)CC2)cc1C. The Morgan fingerprint density at radius 3 is 2.47 bits per heavy atom. The molecule has 1 unspecified atom stereocenters. The van der Waals surface area contributed by atoms with Gasteiger partial charge in [0.05, 0.1) is 6.04 Å². The quantitative estimate of drug-likeness (QED) is 0.597. The summed E-state index contributed by atoms with van der Waals surface area (Å²) >= 11 is 0. The molecule has 1 atom stereocenters. The minimum Gasteiger partial charge on any atom is -0.436 e. The van der Waals surface area contributed by atoms with Crippen LogP contribution in [0.3, 0.4) is 0 Å². The van der Waals surface area contributed by atoms with Gasteiger partial charge in [-0.1, -0.05) is 36.4 Å². The molecule has 0 bridgehead atoms. The van der Waals surface area contributed by atoms with Crippen molar-refractivity contribution in [1.29, 1.82) is 0 Å². The predicted octanol–water partition coefficient (Wildman–Crippen LogP) is 4.98. The summed E-state index contributed by atoms with van der Waals surface area (Å²) in [5.41, 5.74) is 3.65. The lowest BCUT2D eigenvalue weighted by molar-refractivity contribution is -0.126. The number of nitrogens with zero attached hydrogens (tertiary/aromatic N) is 3. The largest absolute Gasteiger partial charge is 0.436 e. The molecule has 6 heteroatoms. The monoisotopic (exact) mass is 430 g/mol. The van der Waals surface area contributed by atoms with Crippen LogP contribution >= 0.6 is 0 Å². The maximum atomic E-state index is 12.9. The molecule has 32 heavy (non-hydrogen) atoms. The smallest absolute Gasteiger partial charge is 0.263 e. The highest BCUT2D eigenvalue weighted by atomic mass is 16.5. The van der Waals surface area contributed by atoms with Crippen LogP contribution in [0.2, 0.25) is 0 Å². The number of hydrogen-bond acceptors (Lipinski definition) is 5. The number of aromatic nitrogens is 2. The standard InChI is InChI=1S/C26H30N4O2/c1-18-9-10-22(17-19(18)2)20(3)29-25(31)21-11-15-30(16-12-21)24-26(28-14-13-27-24)32-23-7-5-4-6-8-23/h4-10,13-14,17,20-21H,11-12,15-16H2,1-3H3,(H,29,31). The zero-order valence-corrected chi connectivity index (χ0v) is 18.9. The van der Waals surface area contributed by atoms with E-state index in [1.807, 2.05) is 37.3 Å². The van der Waals surface area contributed by atoms with Crippen molar-refractivity contribution in [2.75, 3.05) is 18.0 Å². The van der Waals surface area contributed by atoms with Gasteiger partial charge in [0.25, 0.3) is 5.88 Å². The van der Waals surface area contributed by atoms with Crippen molar-refractivity contribution in [3.05, 3.63) is 77.6 Å². The highest BCUT2D eigenvalue weighted by molar-refractivity contribution is 5.79. The molecule has 0 spiro atoms. The van der Waals surface area contributed by atoms with Gasteiger partial charge in [0.15, 0.2) is 5.82 Å². The number of aryl methyl sites for hydroxylation is 2. The first-order valence-corrected chi connectivity index (χ1v) is 11.2. The molecule has 2 heterocycles. The first-order chi connectivity index (χ1) is 15.5. The molecule has 166 valence electrons. The van der Waals surface area contributed by atoms with E-state index in [1.165, 1.54) is 11.1 Å². The number of ether oxygens (including phenoxy) is 1. The van der Waals surface area contributed by atoms with E-state index in [0.29, 0.717) is 5.88 Å². The Labute approximate surface area is 189 Å². The average molecular weight is 431 g/mol. The van der Waals surface area contributed by atoms with Gasteiger partial charge < -0.3 is 15.0 Å². The summed E-state index contributed by atoms with van der Waals surface area (Å²) in [6.45, 7) is 7.72. The number of rotatable bonds is 6. The molecule has 1 fully saturated rings. The van der Waals surface area contributed by atoms with E-state index in [-0.39, 0.29) is 17.9 Å². The molecule has 1 aliphatic heterocycles. The van der Waals surface area contributed by atoms with E-state index in [1.54, 1.807) is 12.4 Å². The van der Waals surface area contributed by atoms with Crippen LogP contribution in [-0.4, -0.2) is 29.0 Å². The normalized spacial score (nSPS) is 15.3. The lowest BCUT2D eigenvalue weighted by Crippen LogP contribution is -2.41. The zero-order valence-electron chi connectivity index (χ0n) is 18.9. The van der Waals surface area contributed by atoms with Gasteiger partial charge in [0.1, 0.15) is 5.75 Å². The maximum absolute atomic E-state index is 12.9. The van der Waals surface area contributed by atoms with Crippen LogP contribution in [0, 0.1) is 19.8 Å². The number of hydrogen-bond donors (Lipinski definition) is 1. The van der Waals surface area contributed by atoms with Crippen molar-refractivity contribution >= 4 is 11.7 Å². The summed E-state index contributed by atoms with van der Waals surface area (Å²) < 4.78 is 5.96. The third-order valence-electron chi connectivity index (χ3n) is 6.16. The van der Waals surface area contributed by atoms with Gasteiger partial charge in [-0.25, -0.2) is 9.97 Å². The van der Waals surface area contributed by atoms with Gasteiger partial charge in [-0.2, -0.15) is 0 Å². The van der Waals surface area contributed by atoms with Crippen LogP contribution in [0.15, 0.2) is 60.9 Å². The van der Waals surface area contributed by atoms with Crippen molar-refractivity contribution in [3.8, 4) is 11.6 Å². The van der Waals surface area contributed by atoms with Crippen molar-refractivity contribution in [2.24, 2.45) is 5.92 Å². The number of anilines is 1. The van der Waals surface area contributed by atoms with E-state index >= 15 is 0 Å². The topological polar surface area (TPSA) is 67.4 Å². The molecule has 0 aliphatic carbocycles. The number of piperidine rings is 1. The summed E-state index contributed by atoms with van der Waals surface area (Å²) in [5.74, 6) is 2.05. The van der Waals surface area contributed by atoms with E-state index < -0.39 is 0 Å². The van der Waals surface area contributed by atoms with Gasteiger partial charge in [0, 0.05) is 31.4 Å². The molecule has 3 aromatic rings. The lowest BCUT2D eigenvalue weighted by Gasteiger charge is -2.33. The van der Waals surface area contributed by atoms with Gasteiger partial charge in [-0.05, 0) is 62.4 Å². The molecule has 1 saturated heterocycles. The van der Waals surface area contributed by atoms with E-state index in [9.17, 15) is 4.79 Å². The van der Waals surface area contributed by atoms with Crippen LogP contribution < -0.4 is 15.0 Å². The Hall–Kier alpha value is -3.41. The van der Waals surface area contributed by atoms with Gasteiger partial charge in [-0.15, -0.1) is 0 Å². The third kappa shape index (κ3) is 5.07. The second-order valence-electron chi connectivity index (χ2n) is 8.44. The molecule has 4 rings (SSSR count). The number of amides is 1. The molecule has 0 radical (unpaired) electrons. The fraction of sp³-hybridized carbons (Fsp3) is 0.346. The molecule has 1 amide bonds. The first kappa shape index (κ1) is 21.8. The Bertz CT molecular complexity index is 1060. The van der Waals surface area contributed by atoms with Crippen molar-refractivity contribution in [3.63, 3.8) is 0 Å². The molecule has 1 N–H and O–H groups in total.